The molecule has 0 radical (unpaired) electrons. The van der Waals surface area contributed by atoms with E-state index in [4.69, 9.17) is 13.6 Å². The van der Waals surface area contributed by atoms with Crippen molar-refractivity contribution in [2.24, 2.45) is 5.92 Å². The number of carbonyl (C=O) groups excluding carboxylic acids is 1. The zero-order valence-electron chi connectivity index (χ0n) is 17.1. The van der Waals surface area contributed by atoms with E-state index in [1.54, 1.807) is 0 Å². The molecule has 2 rings (SSSR count). The second-order valence-corrected chi connectivity index (χ2v) is 6.09. The van der Waals surface area contributed by atoms with Gasteiger partial charge in [0.2, 0.25) is 5.82 Å². The number of carbonyl (C=O) groups is 1. The maximum absolute atomic E-state index is 14.3. The van der Waals surface area contributed by atoms with Crippen molar-refractivity contribution >= 4 is 5.97 Å². The molecular formula is C17H19F5O4. The molecule has 4 nitrogen and oxygen atoms in total. The Kier molecular flexibility index (Phi) is 4.40. The van der Waals surface area contributed by atoms with E-state index in [0.717, 1.165) is 13.0 Å². The van der Waals surface area contributed by atoms with E-state index >= 15 is 0 Å². The second kappa shape index (κ2) is 7.02. The molecular weight excluding hydrogens is 363 g/mol. The zero-order valence-corrected chi connectivity index (χ0v) is 14.1. The van der Waals surface area contributed by atoms with Gasteiger partial charge in [0.1, 0.15) is 0 Å². The van der Waals surface area contributed by atoms with Crippen molar-refractivity contribution in [1.82, 2.24) is 0 Å². The molecule has 0 aliphatic carbocycles. The number of ether oxygens (including phenoxy) is 3. The summed E-state index contributed by atoms with van der Waals surface area (Å²) in [5.74, 6) is -8.44. The number of halogens is 5. The van der Waals surface area contributed by atoms with Crippen LogP contribution in [0.1, 0.15) is 36.4 Å². The van der Waals surface area contributed by atoms with Gasteiger partial charge in [0.25, 0.3) is 0 Å². The molecule has 0 amide bonds. The smallest absolute Gasteiger partial charge is 0.417 e. The van der Waals surface area contributed by atoms with Crippen LogP contribution in [0.4, 0.5) is 22.0 Å². The maximum atomic E-state index is 14.3. The van der Waals surface area contributed by atoms with Crippen LogP contribution in [0.15, 0.2) is 12.1 Å². The third-order valence-electron chi connectivity index (χ3n) is 4.73. The van der Waals surface area contributed by atoms with Crippen LogP contribution in [0.2, 0.25) is 0 Å². The number of benzene rings is 1. The number of rotatable bonds is 4. The molecule has 0 aromatic heterocycles. The number of hydrogen-bond donors (Lipinski definition) is 0. The van der Waals surface area contributed by atoms with E-state index in [9.17, 15) is 26.7 Å². The summed E-state index contributed by atoms with van der Waals surface area (Å²) in [6.45, 7) is 3.08. The third-order valence-corrected chi connectivity index (χ3v) is 4.73. The summed E-state index contributed by atoms with van der Waals surface area (Å²) in [5.41, 5.74) is -3.28. The minimum atomic E-state index is -4.92. The van der Waals surface area contributed by atoms with E-state index in [2.05, 4.69) is 4.74 Å². The van der Waals surface area contributed by atoms with E-state index in [1.165, 1.54) is 6.92 Å². The van der Waals surface area contributed by atoms with Gasteiger partial charge in [-0.2, -0.15) is 17.6 Å². The molecule has 26 heavy (non-hydrogen) atoms. The fraction of sp³-hybridized carbons (Fsp3) is 0.588. The van der Waals surface area contributed by atoms with Gasteiger partial charge in [-0.05, 0) is 19.9 Å². The first kappa shape index (κ1) is 16.3. The van der Waals surface area contributed by atoms with Crippen molar-refractivity contribution in [2.75, 3.05) is 13.6 Å². The largest absolute Gasteiger partial charge is 0.493 e. The molecule has 0 N–H and O–H groups in total. The quantitative estimate of drug-likeness (QED) is 0.581. The lowest BCUT2D eigenvalue weighted by atomic mass is 9.77. The van der Waals surface area contributed by atoms with Crippen molar-refractivity contribution in [1.29, 1.82) is 0 Å². The Morgan fingerprint density at radius 2 is 2.04 bits per heavy atom. The van der Waals surface area contributed by atoms with Crippen LogP contribution in [0, 0.1) is 17.6 Å². The molecule has 1 saturated heterocycles. The van der Waals surface area contributed by atoms with Crippen molar-refractivity contribution in [3.8, 4) is 5.75 Å². The Morgan fingerprint density at radius 1 is 1.38 bits per heavy atom. The lowest BCUT2D eigenvalue weighted by molar-refractivity contribution is -0.274. The summed E-state index contributed by atoms with van der Waals surface area (Å²) < 4.78 is 105. The minimum absolute atomic E-state index is 0.168. The fourth-order valence-corrected chi connectivity index (χ4v) is 3.14. The van der Waals surface area contributed by atoms with E-state index in [1.807, 2.05) is 0 Å². The Morgan fingerprint density at radius 3 is 2.58 bits per heavy atom. The highest BCUT2D eigenvalue weighted by atomic mass is 19.4. The third kappa shape index (κ3) is 3.13. The normalized spacial score (nSPS) is 31.1. The molecule has 1 aliphatic rings. The first-order chi connectivity index (χ1) is 13.1. The van der Waals surface area contributed by atoms with Gasteiger partial charge in [0, 0.05) is 17.4 Å². The van der Waals surface area contributed by atoms with Crippen LogP contribution in [0.25, 0.3) is 0 Å². The number of alkyl halides is 3. The molecule has 4 atom stereocenters. The van der Waals surface area contributed by atoms with Gasteiger partial charge in [-0.1, -0.05) is 13.0 Å². The molecule has 1 aliphatic heterocycles. The highest BCUT2D eigenvalue weighted by Gasteiger charge is 2.66. The molecule has 9 heteroatoms. The Hall–Kier alpha value is -1.90. The SMILES string of the molecule is [2H]C([2H])([2H])Oc1c([C@H]2[C@H](C(=O)OCC)O[C@@](C)(C(F)(F)F)[C@H]2C)ccc(F)c1F. The lowest BCUT2D eigenvalue weighted by Crippen LogP contribution is -2.47. The van der Waals surface area contributed by atoms with Crippen LogP contribution in [-0.2, 0) is 14.3 Å². The predicted molar refractivity (Wildman–Crippen MR) is 80.8 cm³/mol. The number of esters is 1. The standard InChI is InChI=1S/C17H19F5O4/c1-5-25-15(23)14-11(8(2)16(3,26-14)17(20,21)22)9-6-7-10(18)12(19)13(9)24-4/h6-8,11,14H,5H2,1-4H3/t8-,11-,14+,16+/m0/s1/i4D3. The van der Waals surface area contributed by atoms with E-state index < -0.39 is 65.7 Å². The maximum Gasteiger partial charge on any atom is 0.417 e. The zero-order chi connectivity index (χ0) is 22.4. The highest BCUT2D eigenvalue weighted by Crippen LogP contribution is 2.54. The first-order valence-electron chi connectivity index (χ1n) is 9.22. The molecule has 0 spiro atoms. The lowest BCUT2D eigenvalue weighted by Gasteiger charge is -2.31. The van der Waals surface area contributed by atoms with Gasteiger partial charge >= 0.3 is 12.1 Å². The van der Waals surface area contributed by atoms with Crippen LogP contribution >= 0.6 is 0 Å². The summed E-state index contributed by atoms with van der Waals surface area (Å²) in [6, 6.07) is 1.48. The fourth-order valence-electron chi connectivity index (χ4n) is 3.14. The number of hydrogen-bond acceptors (Lipinski definition) is 4. The molecule has 1 fully saturated rings. The van der Waals surface area contributed by atoms with E-state index in [0.29, 0.717) is 13.0 Å². The van der Waals surface area contributed by atoms with Crippen molar-refractivity contribution < 1.29 is 45.1 Å². The molecule has 146 valence electrons. The first-order valence-corrected chi connectivity index (χ1v) is 7.72. The summed E-state index contributed by atoms with van der Waals surface area (Å²) in [5, 5.41) is 0. The monoisotopic (exact) mass is 385 g/mol. The van der Waals surface area contributed by atoms with Gasteiger partial charge in [0.15, 0.2) is 23.3 Å². The molecule has 1 aromatic rings. The average molecular weight is 385 g/mol. The Balaban J connectivity index is 2.68. The van der Waals surface area contributed by atoms with Crippen molar-refractivity contribution in [3.63, 3.8) is 0 Å². The molecule has 0 unspecified atom stereocenters. The van der Waals surface area contributed by atoms with Crippen LogP contribution in [0.3, 0.4) is 0 Å². The van der Waals surface area contributed by atoms with Crippen LogP contribution in [-0.4, -0.2) is 37.5 Å². The van der Waals surface area contributed by atoms with Gasteiger partial charge in [-0.15, -0.1) is 0 Å². The molecule has 1 aromatic carbocycles. The topological polar surface area (TPSA) is 44.8 Å². The minimum Gasteiger partial charge on any atom is -0.493 e. The van der Waals surface area contributed by atoms with Gasteiger partial charge in [-0.3, -0.25) is 0 Å². The van der Waals surface area contributed by atoms with E-state index in [-0.39, 0.29) is 6.61 Å². The Labute approximate surface area is 151 Å². The van der Waals surface area contributed by atoms with Gasteiger partial charge in [0.05, 0.1) is 17.8 Å². The van der Waals surface area contributed by atoms with Crippen molar-refractivity contribution in [3.05, 3.63) is 29.3 Å². The molecule has 0 saturated carbocycles. The summed E-state index contributed by atoms with van der Waals surface area (Å²) in [7, 11) is -3.22. The van der Waals surface area contributed by atoms with Crippen LogP contribution < -0.4 is 4.74 Å². The van der Waals surface area contributed by atoms with Gasteiger partial charge < -0.3 is 14.2 Å². The molecule has 0 bridgehead atoms. The highest BCUT2D eigenvalue weighted by molar-refractivity contribution is 5.77. The van der Waals surface area contributed by atoms with Gasteiger partial charge in [-0.25, -0.2) is 9.18 Å². The molecule has 1 heterocycles. The Bertz CT molecular complexity index is 784. The average Bonchev–Trinajstić information content (AvgIpc) is 2.84. The van der Waals surface area contributed by atoms with Crippen LogP contribution in [0.5, 0.6) is 5.75 Å². The number of methoxy groups -OCH3 is 1. The summed E-state index contributed by atoms with van der Waals surface area (Å²) in [6.07, 6.45) is -6.77. The summed E-state index contributed by atoms with van der Waals surface area (Å²) >= 11 is 0. The predicted octanol–water partition coefficient (Wildman–Crippen LogP) is 3.98. The van der Waals surface area contributed by atoms with Crippen molar-refractivity contribution in [2.45, 2.75) is 44.6 Å². The summed E-state index contributed by atoms with van der Waals surface area (Å²) in [4.78, 5) is 12.3. The second-order valence-electron chi connectivity index (χ2n) is 6.09.